The Bertz CT molecular complexity index is 371. The van der Waals surface area contributed by atoms with Gasteiger partial charge in [0.25, 0.3) is 0 Å². The van der Waals surface area contributed by atoms with Crippen LogP contribution in [0.2, 0.25) is 0 Å². The summed E-state index contributed by atoms with van der Waals surface area (Å²) >= 11 is 0. The van der Waals surface area contributed by atoms with Gasteiger partial charge >= 0.3 is 0 Å². The lowest BCUT2D eigenvalue weighted by Crippen LogP contribution is -2.25. The minimum absolute atomic E-state index is 0.291. The van der Waals surface area contributed by atoms with Gasteiger partial charge in [-0.2, -0.15) is 10.4 Å². The van der Waals surface area contributed by atoms with E-state index in [-0.39, 0.29) is 5.54 Å². The Hall–Kier alpha value is -1.63. The van der Waals surface area contributed by atoms with Crippen molar-refractivity contribution in [1.29, 1.82) is 5.26 Å². The third-order valence-electron chi connectivity index (χ3n) is 2.09. The van der Waals surface area contributed by atoms with E-state index in [9.17, 15) is 0 Å². The molecule has 0 saturated carbocycles. The first kappa shape index (κ1) is 7.04. The van der Waals surface area contributed by atoms with Crippen molar-refractivity contribution in [2.75, 3.05) is 0 Å². The van der Waals surface area contributed by atoms with Gasteiger partial charge < -0.3 is 0 Å². The molecule has 0 bridgehead atoms. The molecule has 1 unspecified atom stereocenters. The van der Waals surface area contributed by atoms with Crippen LogP contribution in [0.4, 0.5) is 0 Å². The maximum Gasteiger partial charge on any atom is 0.151 e. The minimum Gasteiger partial charge on any atom is -0.235 e. The maximum atomic E-state index is 8.61. The van der Waals surface area contributed by atoms with Crippen LogP contribution in [-0.4, -0.2) is 14.8 Å². The summed E-state index contributed by atoms with van der Waals surface area (Å²) in [6, 6.07) is 2.14. The lowest BCUT2D eigenvalue weighted by molar-refractivity contribution is 0.385. The van der Waals surface area contributed by atoms with E-state index in [4.69, 9.17) is 5.26 Å². The van der Waals surface area contributed by atoms with E-state index >= 15 is 0 Å². The van der Waals surface area contributed by atoms with Crippen molar-refractivity contribution in [3.05, 3.63) is 18.2 Å². The Kier molecular flexibility index (Phi) is 1.28. The second kappa shape index (κ2) is 2.18. The Balaban J connectivity index is 2.46. The topological polar surface area (TPSA) is 54.5 Å². The van der Waals surface area contributed by atoms with Crippen LogP contribution in [0.5, 0.6) is 0 Å². The number of aromatic nitrogens is 3. The Morgan fingerprint density at radius 1 is 1.75 bits per heavy atom. The Labute approximate surface area is 70.1 Å². The molecule has 1 aromatic heterocycles. The number of allylic oxidation sites excluding steroid dienone is 1. The lowest BCUT2D eigenvalue weighted by Gasteiger charge is -2.19. The summed E-state index contributed by atoms with van der Waals surface area (Å²) in [5, 5.41) is 12.7. The van der Waals surface area contributed by atoms with Gasteiger partial charge in [0.2, 0.25) is 0 Å². The van der Waals surface area contributed by atoms with Gasteiger partial charge in [0.05, 0.1) is 18.0 Å². The fourth-order valence-corrected chi connectivity index (χ4v) is 1.38. The van der Waals surface area contributed by atoms with Gasteiger partial charge in [-0.3, -0.25) is 0 Å². The third kappa shape index (κ3) is 0.766. The highest BCUT2D eigenvalue weighted by Crippen LogP contribution is 2.28. The molecule has 1 aromatic rings. The zero-order valence-electron chi connectivity index (χ0n) is 6.73. The van der Waals surface area contributed by atoms with E-state index < -0.39 is 0 Å². The highest BCUT2D eigenvalue weighted by molar-refractivity contribution is 5.47. The fourth-order valence-electron chi connectivity index (χ4n) is 1.38. The first-order valence-corrected chi connectivity index (χ1v) is 3.73. The predicted octanol–water partition coefficient (Wildman–Crippen LogP) is 0.934. The van der Waals surface area contributed by atoms with Crippen LogP contribution in [0.3, 0.4) is 0 Å². The van der Waals surface area contributed by atoms with Crippen LogP contribution in [0.25, 0.3) is 6.08 Å². The second-order valence-corrected chi connectivity index (χ2v) is 3.06. The van der Waals surface area contributed by atoms with E-state index in [1.54, 1.807) is 4.68 Å². The number of hydrogen-bond acceptors (Lipinski definition) is 3. The SMILES string of the molecule is CC1(CC#N)C=Cc2ncnn21. The summed E-state index contributed by atoms with van der Waals surface area (Å²) < 4.78 is 1.77. The number of rotatable bonds is 1. The predicted molar refractivity (Wildman–Crippen MR) is 42.9 cm³/mol. The van der Waals surface area contributed by atoms with E-state index in [2.05, 4.69) is 16.2 Å². The average Bonchev–Trinajstić information content (AvgIpc) is 2.57. The quantitative estimate of drug-likeness (QED) is 0.614. The standard InChI is InChI=1S/C8H8N4/c1-8(4-5-9)3-2-7-10-6-11-12(7)8/h2-3,6H,4H2,1H3. The summed E-state index contributed by atoms with van der Waals surface area (Å²) in [7, 11) is 0. The summed E-state index contributed by atoms with van der Waals surface area (Å²) in [5.41, 5.74) is -0.291. The third-order valence-corrected chi connectivity index (χ3v) is 2.09. The molecule has 4 nitrogen and oxygen atoms in total. The van der Waals surface area contributed by atoms with Gasteiger partial charge in [0, 0.05) is 0 Å². The summed E-state index contributed by atoms with van der Waals surface area (Å²) in [4.78, 5) is 4.03. The van der Waals surface area contributed by atoms with Crippen LogP contribution < -0.4 is 0 Å². The first-order valence-electron chi connectivity index (χ1n) is 3.73. The van der Waals surface area contributed by atoms with Gasteiger partial charge in [-0.25, -0.2) is 9.67 Å². The molecule has 2 rings (SSSR count). The van der Waals surface area contributed by atoms with Crippen LogP contribution in [0.1, 0.15) is 19.2 Å². The highest BCUT2D eigenvalue weighted by Gasteiger charge is 2.30. The molecule has 2 heterocycles. The minimum atomic E-state index is -0.291. The van der Waals surface area contributed by atoms with Gasteiger partial charge in [0.15, 0.2) is 5.82 Å². The Morgan fingerprint density at radius 2 is 2.58 bits per heavy atom. The molecule has 1 aliphatic rings. The van der Waals surface area contributed by atoms with Crippen molar-refractivity contribution in [2.45, 2.75) is 18.9 Å². The van der Waals surface area contributed by atoms with E-state index in [1.807, 2.05) is 19.1 Å². The highest BCUT2D eigenvalue weighted by atomic mass is 15.4. The monoisotopic (exact) mass is 160 g/mol. The number of hydrogen-bond donors (Lipinski definition) is 0. The first-order chi connectivity index (χ1) is 5.76. The van der Waals surface area contributed by atoms with E-state index in [0.29, 0.717) is 6.42 Å². The van der Waals surface area contributed by atoms with Crippen LogP contribution in [-0.2, 0) is 5.54 Å². The largest absolute Gasteiger partial charge is 0.235 e. The van der Waals surface area contributed by atoms with Crippen molar-refractivity contribution in [3.8, 4) is 6.07 Å². The number of nitrogens with zero attached hydrogens (tertiary/aromatic N) is 4. The van der Waals surface area contributed by atoms with Crippen molar-refractivity contribution < 1.29 is 0 Å². The van der Waals surface area contributed by atoms with Crippen LogP contribution >= 0.6 is 0 Å². The molecule has 0 spiro atoms. The average molecular weight is 160 g/mol. The molecule has 1 aliphatic heterocycles. The zero-order chi connectivity index (χ0) is 8.60. The van der Waals surface area contributed by atoms with Gasteiger partial charge in [-0.1, -0.05) is 6.08 Å². The van der Waals surface area contributed by atoms with Crippen molar-refractivity contribution in [2.24, 2.45) is 0 Å². The van der Waals surface area contributed by atoms with Crippen molar-refractivity contribution in [1.82, 2.24) is 14.8 Å². The molecule has 0 aromatic carbocycles. The molecule has 0 radical (unpaired) electrons. The smallest absolute Gasteiger partial charge is 0.151 e. The molecule has 0 N–H and O–H groups in total. The molecule has 4 heteroatoms. The van der Waals surface area contributed by atoms with Crippen molar-refractivity contribution >= 4 is 6.08 Å². The molecule has 1 atom stereocenters. The molecule has 0 aliphatic carbocycles. The summed E-state index contributed by atoms with van der Waals surface area (Å²) in [6.07, 6.45) is 5.80. The number of nitriles is 1. The van der Waals surface area contributed by atoms with Crippen LogP contribution in [0.15, 0.2) is 12.4 Å². The second-order valence-electron chi connectivity index (χ2n) is 3.06. The molecule has 0 amide bonds. The van der Waals surface area contributed by atoms with Gasteiger partial charge in [0.1, 0.15) is 6.33 Å². The molecular formula is C8H8N4. The molecule has 0 fully saturated rings. The molecule has 60 valence electrons. The van der Waals surface area contributed by atoms with Crippen molar-refractivity contribution in [3.63, 3.8) is 0 Å². The lowest BCUT2D eigenvalue weighted by atomic mass is 10.0. The Morgan fingerprint density at radius 3 is 3.33 bits per heavy atom. The maximum absolute atomic E-state index is 8.61. The molecular weight excluding hydrogens is 152 g/mol. The normalized spacial score (nSPS) is 25.3. The zero-order valence-corrected chi connectivity index (χ0v) is 6.73. The van der Waals surface area contributed by atoms with E-state index in [1.165, 1.54) is 6.33 Å². The fraction of sp³-hybridized carbons (Fsp3) is 0.375. The van der Waals surface area contributed by atoms with E-state index in [0.717, 1.165) is 5.82 Å². The van der Waals surface area contributed by atoms with Gasteiger partial charge in [-0.05, 0) is 13.0 Å². The van der Waals surface area contributed by atoms with Crippen LogP contribution in [0, 0.1) is 11.3 Å². The van der Waals surface area contributed by atoms with Gasteiger partial charge in [-0.15, -0.1) is 0 Å². The summed E-state index contributed by atoms with van der Waals surface area (Å²) in [5.74, 6) is 0.827. The summed E-state index contributed by atoms with van der Waals surface area (Å²) in [6.45, 7) is 1.97. The molecule has 12 heavy (non-hydrogen) atoms. The molecule has 0 saturated heterocycles. The number of fused-ring (bicyclic) bond motifs is 1.